The maximum atomic E-state index is 6.11. The zero-order chi connectivity index (χ0) is 11.9. The normalized spacial score (nSPS) is 10.8. The molecule has 1 aromatic carbocycles. The summed E-state index contributed by atoms with van der Waals surface area (Å²) in [6.45, 7) is 1.93. The molecule has 2 nitrogen and oxygen atoms in total. The van der Waals surface area contributed by atoms with Gasteiger partial charge in [0.15, 0.2) is 5.13 Å². The monoisotopic (exact) mass is 292 g/mol. The van der Waals surface area contributed by atoms with Crippen LogP contribution in [0.1, 0.15) is 4.88 Å². The van der Waals surface area contributed by atoms with Crippen molar-refractivity contribution in [2.45, 2.75) is 6.92 Å². The molecule has 2 rings (SSSR count). The number of rotatable bonds is 1. The van der Waals surface area contributed by atoms with E-state index in [0.29, 0.717) is 25.8 Å². The van der Waals surface area contributed by atoms with Gasteiger partial charge >= 0.3 is 0 Å². The summed E-state index contributed by atoms with van der Waals surface area (Å²) in [7, 11) is 0. The molecule has 1 heterocycles. The highest BCUT2D eigenvalue weighted by atomic mass is 35.5. The van der Waals surface area contributed by atoms with Crippen LogP contribution in [0.4, 0.5) is 5.13 Å². The highest BCUT2D eigenvalue weighted by molar-refractivity contribution is 7.15. The topological polar surface area (TPSA) is 38.9 Å². The number of nitrogen functional groups attached to an aromatic ring is 1. The molecule has 0 saturated heterocycles. The van der Waals surface area contributed by atoms with E-state index in [4.69, 9.17) is 40.5 Å². The SMILES string of the molecule is Cc1sc(N)nc1-c1cc(Cl)cc(Cl)c1Cl. The van der Waals surface area contributed by atoms with E-state index < -0.39 is 0 Å². The molecule has 1 aromatic heterocycles. The number of thiazole rings is 1. The number of benzene rings is 1. The Labute approximate surface area is 112 Å². The van der Waals surface area contributed by atoms with Crippen molar-refractivity contribution in [3.63, 3.8) is 0 Å². The van der Waals surface area contributed by atoms with Crippen molar-refractivity contribution in [3.05, 3.63) is 32.1 Å². The average Bonchev–Trinajstić information content (AvgIpc) is 2.51. The number of hydrogen-bond donors (Lipinski definition) is 1. The van der Waals surface area contributed by atoms with Crippen molar-refractivity contribution < 1.29 is 0 Å². The summed E-state index contributed by atoms with van der Waals surface area (Å²) in [5.74, 6) is 0. The number of anilines is 1. The Hall–Kier alpha value is -0.480. The Morgan fingerprint density at radius 1 is 1.25 bits per heavy atom. The van der Waals surface area contributed by atoms with Gasteiger partial charge in [-0.15, -0.1) is 11.3 Å². The van der Waals surface area contributed by atoms with E-state index in [1.54, 1.807) is 12.1 Å². The zero-order valence-electron chi connectivity index (χ0n) is 8.22. The minimum absolute atomic E-state index is 0.412. The summed E-state index contributed by atoms with van der Waals surface area (Å²) in [5.41, 5.74) is 7.09. The van der Waals surface area contributed by atoms with Crippen LogP contribution >= 0.6 is 46.1 Å². The summed E-state index contributed by atoms with van der Waals surface area (Å²) in [6.07, 6.45) is 0. The van der Waals surface area contributed by atoms with Gasteiger partial charge in [0.25, 0.3) is 0 Å². The Morgan fingerprint density at radius 2 is 1.94 bits per heavy atom. The molecule has 0 atom stereocenters. The Balaban J connectivity index is 2.68. The molecule has 0 unspecified atom stereocenters. The number of nitrogens with zero attached hydrogens (tertiary/aromatic N) is 1. The van der Waals surface area contributed by atoms with Gasteiger partial charge in [0.2, 0.25) is 0 Å². The van der Waals surface area contributed by atoms with Crippen molar-refractivity contribution in [1.29, 1.82) is 0 Å². The van der Waals surface area contributed by atoms with Gasteiger partial charge in [0, 0.05) is 15.5 Å². The first-order valence-corrected chi connectivity index (χ1v) is 6.32. The fourth-order valence-corrected chi connectivity index (χ4v) is 2.79. The summed E-state index contributed by atoms with van der Waals surface area (Å²) in [5, 5.41) is 1.88. The Bertz CT molecular complexity index is 551. The molecule has 0 fully saturated rings. The summed E-state index contributed by atoms with van der Waals surface area (Å²) < 4.78 is 0. The van der Waals surface area contributed by atoms with Gasteiger partial charge in [-0.25, -0.2) is 4.98 Å². The molecule has 0 aliphatic heterocycles. The van der Waals surface area contributed by atoms with Crippen LogP contribution < -0.4 is 5.73 Å². The summed E-state index contributed by atoms with van der Waals surface area (Å²) in [4.78, 5) is 5.20. The van der Waals surface area contributed by atoms with Crippen molar-refractivity contribution >= 4 is 51.3 Å². The van der Waals surface area contributed by atoms with Gasteiger partial charge in [-0.3, -0.25) is 0 Å². The molecule has 0 aliphatic carbocycles. The van der Waals surface area contributed by atoms with E-state index in [-0.39, 0.29) is 0 Å². The number of hydrogen-bond acceptors (Lipinski definition) is 3. The molecule has 0 saturated carbocycles. The molecule has 0 radical (unpaired) electrons. The molecule has 0 bridgehead atoms. The fourth-order valence-electron chi connectivity index (χ4n) is 1.40. The molecule has 16 heavy (non-hydrogen) atoms. The van der Waals surface area contributed by atoms with Crippen molar-refractivity contribution in [3.8, 4) is 11.3 Å². The second-order valence-electron chi connectivity index (χ2n) is 3.21. The highest BCUT2D eigenvalue weighted by Gasteiger charge is 2.14. The fraction of sp³-hybridized carbons (Fsp3) is 0.100. The molecule has 0 spiro atoms. The number of aryl methyl sites for hydroxylation is 1. The van der Waals surface area contributed by atoms with Gasteiger partial charge in [-0.2, -0.15) is 0 Å². The third kappa shape index (κ3) is 2.13. The lowest BCUT2D eigenvalue weighted by Gasteiger charge is -2.05. The molecular formula is C10H7Cl3N2S. The molecule has 0 amide bonds. The Morgan fingerprint density at radius 3 is 2.50 bits per heavy atom. The quantitative estimate of drug-likeness (QED) is 0.777. The van der Waals surface area contributed by atoms with Crippen LogP contribution in [0.3, 0.4) is 0 Å². The first-order valence-electron chi connectivity index (χ1n) is 4.37. The van der Waals surface area contributed by atoms with Crippen LogP contribution in [0.5, 0.6) is 0 Å². The molecule has 2 aromatic rings. The molecule has 0 aliphatic rings. The van der Waals surface area contributed by atoms with Crippen LogP contribution in [-0.2, 0) is 0 Å². The second kappa shape index (κ2) is 4.41. The minimum Gasteiger partial charge on any atom is -0.375 e. The van der Waals surface area contributed by atoms with Crippen LogP contribution in [0.2, 0.25) is 15.1 Å². The first-order chi connectivity index (χ1) is 7.49. The van der Waals surface area contributed by atoms with Crippen LogP contribution in [-0.4, -0.2) is 4.98 Å². The molecule has 84 valence electrons. The van der Waals surface area contributed by atoms with E-state index in [1.807, 2.05) is 6.92 Å². The van der Waals surface area contributed by atoms with E-state index in [2.05, 4.69) is 4.98 Å². The predicted molar refractivity (Wildman–Crippen MR) is 71.7 cm³/mol. The van der Waals surface area contributed by atoms with Crippen LogP contribution in [0.15, 0.2) is 12.1 Å². The third-order valence-electron chi connectivity index (χ3n) is 2.06. The van der Waals surface area contributed by atoms with E-state index in [1.165, 1.54) is 11.3 Å². The number of halogens is 3. The Kier molecular flexibility index (Phi) is 3.31. The standard InChI is InChI=1S/C10H7Cl3N2S/c1-4-9(15-10(14)16-4)6-2-5(11)3-7(12)8(6)13/h2-3H,1H3,(H2,14,15). The maximum absolute atomic E-state index is 6.11. The van der Waals surface area contributed by atoms with E-state index in [0.717, 1.165) is 10.6 Å². The van der Waals surface area contributed by atoms with Crippen LogP contribution in [0.25, 0.3) is 11.3 Å². The molecule has 6 heteroatoms. The van der Waals surface area contributed by atoms with Crippen molar-refractivity contribution in [2.75, 3.05) is 5.73 Å². The molecular weight excluding hydrogens is 287 g/mol. The van der Waals surface area contributed by atoms with E-state index >= 15 is 0 Å². The smallest absolute Gasteiger partial charge is 0.180 e. The lowest BCUT2D eigenvalue weighted by Crippen LogP contribution is -1.86. The molecule has 2 N–H and O–H groups in total. The van der Waals surface area contributed by atoms with Crippen LogP contribution in [0, 0.1) is 6.92 Å². The minimum atomic E-state index is 0.412. The largest absolute Gasteiger partial charge is 0.375 e. The maximum Gasteiger partial charge on any atom is 0.180 e. The van der Waals surface area contributed by atoms with Crippen molar-refractivity contribution in [1.82, 2.24) is 4.98 Å². The average molecular weight is 294 g/mol. The third-order valence-corrected chi connectivity index (χ3v) is 3.88. The number of nitrogens with two attached hydrogens (primary N) is 1. The van der Waals surface area contributed by atoms with Gasteiger partial charge in [0.1, 0.15) is 0 Å². The highest BCUT2D eigenvalue weighted by Crippen LogP contribution is 2.39. The summed E-state index contributed by atoms with van der Waals surface area (Å²) in [6, 6.07) is 3.33. The first kappa shape index (κ1) is 12.0. The second-order valence-corrected chi connectivity index (χ2v) is 5.66. The van der Waals surface area contributed by atoms with Gasteiger partial charge in [0.05, 0.1) is 15.7 Å². The summed E-state index contributed by atoms with van der Waals surface area (Å²) >= 11 is 19.4. The number of aromatic nitrogens is 1. The lowest BCUT2D eigenvalue weighted by atomic mass is 10.1. The predicted octanol–water partition coefficient (Wildman–Crippen LogP) is 4.66. The van der Waals surface area contributed by atoms with Crippen molar-refractivity contribution in [2.24, 2.45) is 0 Å². The van der Waals surface area contributed by atoms with Gasteiger partial charge in [-0.05, 0) is 19.1 Å². The van der Waals surface area contributed by atoms with E-state index in [9.17, 15) is 0 Å². The zero-order valence-corrected chi connectivity index (χ0v) is 11.3. The van der Waals surface area contributed by atoms with Gasteiger partial charge in [-0.1, -0.05) is 34.8 Å². The lowest BCUT2D eigenvalue weighted by molar-refractivity contribution is 1.38. The van der Waals surface area contributed by atoms with Gasteiger partial charge < -0.3 is 5.73 Å².